The molecule has 0 atom stereocenters. The molecule has 0 unspecified atom stereocenters. The van der Waals surface area contributed by atoms with Crippen LogP contribution in [0.2, 0.25) is 0 Å². The van der Waals surface area contributed by atoms with Gasteiger partial charge in [0.25, 0.3) is 0 Å². The fourth-order valence-corrected chi connectivity index (χ4v) is 2.40. The van der Waals surface area contributed by atoms with Crippen LogP contribution in [-0.4, -0.2) is 47.3 Å². The van der Waals surface area contributed by atoms with Gasteiger partial charge in [-0.25, -0.2) is 9.78 Å². The number of hydrogen-bond acceptors (Lipinski definition) is 6. The second-order valence-electron chi connectivity index (χ2n) is 5.30. The van der Waals surface area contributed by atoms with Crippen LogP contribution in [0, 0.1) is 6.92 Å². The Balaban J connectivity index is 1.83. The van der Waals surface area contributed by atoms with Gasteiger partial charge in [0, 0.05) is 30.5 Å². The molecule has 0 bridgehead atoms. The monoisotopic (exact) mass is 314 g/mol. The molecule has 2 N–H and O–H groups in total. The Bertz CT molecular complexity index is 714. The number of nitrogens with zero attached hydrogens (tertiary/aromatic N) is 3. The molecular weight excluding hydrogens is 296 g/mol. The molecule has 2 heterocycles. The maximum absolute atomic E-state index is 11.0. The minimum atomic E-state index is -0.957. The van der Waals surface area contributed by atoms with E-state index in [0.717, 1.165) is 18.8 Å². The summed E-state index contributed by atoms with van der Waals surface area (Å²) in [6.45, 7) is 4.76. The Morgan fingerprint density at radius 3 is 2.78 bits per heavy atom. The van der Waals surface area contributed by atoms with Gasteiger partial charge in [-0.05, 0) is 25.1 Å². The summed E-state index contributed by atoms with van der Waals surface area (Å²) < 4.78 is 5.34. The largest absolute Gasteiger partial charge is 0.478 e. The van der Waals surface area contributed by atoms with Crippen LogP contribution in [0.5, 0.6) is 0 Å². The SMILES string of the molecule is Cc1cc(Nc2cccc(C(=O)O)c2)nc(N2CCOCC2)n1. The number of carboxylic acids is 1. The highest BCUT2D eigenvalue weighted by Crippen LogP contribution is 2.20. The topological polar surface area (TPSA) is 87.6 Å². The molecule has 7 nitrogen and oxygen atoms in total. The van der Waals surface area contributed by atoms with Crippen molar-refractivity contribution in [3.05, 3.63) is 41.6 Å². The Labute approximate surface area is 133 Å². The third-order valence-corrected chi connectivity index (χ3v) is 3.52. The molecule has 0 spiro atoms. The predicted octanol–water partition coefficient (Wildman–Crippen LogP) is 2.06. The molecule has 2 aromatic rings. The number of nitrogens with one attached hydrogen (secondary N) is 1. The van der Waals surface area contributed by atoms with E-state index in [2.05, 4.69) is 20.2 Å². The zero-order valence-corrected chi connectivity index (χ0v) is 12.8. The summed E-state index contributed by atoms with van der Waals surface area (Å²) in [4.78, 5) is 22.1. The van der Waals surface area contributed by atoms with Gasteiger partial charge >= 0.3 is 5.97 Å². The number of aromatic carboxylic acids is 1. The Morgan fingerprint density at radius 1 is 1.26 bits per heavy atom. The number of carbonyl (C=O) groups is 1. The predicted molar refractivity (Wildman–Crippen MR) is 86.5 cm³/mol. The van der Waals surface area contributed by atoms with Crippen molar-refractivity contribution >= 4 is 23.4 Å². The molecule has 1 aromatic carbocycles. The Morgan fingerprint density at radius 2 is 2.04 bits per heavy atom. The number of hydrogen-bond donors (Lipinski definition) is 2. The highest BCUT2D eigenvalue weighted by atomic mass is 16.5. The number of carboxylic acid groups (broad SMARTS) is 1. The van der Waals surface area contributed by atoms with Crippen LogP contribution < -0.4 is 10.2 Å². The zero-order chi connectivity index (χ0) is 16.2. The molecule has 7 heteroatoms. The second-order valence-corrected chi connectivity index (χ2v) is 5.30. The highest BCUT2D eigenvalue weighted by Gasteiger charge is 2.15. The summed E-state index contributed by atoms with van der Waals surface area (Å²) in [6, 6.07) is 8.46. The van der Waals surface area contributed by atoms with Gasteiger partial charge in [-0.2, -0.15) is 4.98 Å². The van der Waals surface area contributed by atoms with Crippen LogP contribution in [0.25, 0.3) is 0 Å². The quantitative estimate of drug-likeness (QED) is 0.893. The van der Waals surface area contributed by atoms with Crippen molar-refractivity contribution in [2.24, 2.45) is 0 Å². The number of benzene rings is 1. The van der Waals surface area contributed by atoms with Gasteiger partial charge in [0.05, 0.1) is 18.8 Å². The van der Waals surface area contributed by atoms with Crippen LogP contribution in [0.15, 0.2) is 30.3 Å². The third-order valence-electron chi connectivity index (χ3n) is 3.52. The van der Waals surface area contributed by atoms with E-state index in [0.29, 0.717) is 30.7 Å². The van der Waals surface area contributed by atoms with Gasteiger partial charge in [-0.15, -0.1) is 0 Å². The van der Waals surface area contributed by atoms with Crippen LogP contribution in [0.1, 0.15) is 16.1 Å². The minimum Gasteiger partial charge on any atom is -0.478 e. The molecule has 0 amide bonds. The number of morpholine rings is 1. The molecule has 1 fully saturated rings. The van der Waals surface area contributed by atoms with Crippen LogP contribution in [0.4, 0.5) is 17.5 Å². The van der Waals surface area contributed by atoms with E-state index in [1.807, 2.05) is 13.0 Å². The van der Waals surface area contributed by atoms with E-state index in [1.165, 1.54) is 0 Å². The number of aryl methyl sites for hydroxylation is 1. The van der Waals surface area contributed by atoms with Crippen molar-refractivity contribution in [3.8, 4) is 0 Å². The molecule has 3 rings (SSSR count). The zero-order valence-electron chi connectivity index (χ0n) is 12.8. The third kappa shape index (κ3) is 3.75. The van der Waals surface area contributed by atoms with Crippen molar-refractivity contribution in [1.29, 1.82) is 0 Å². The van der Waals surface area contributed by atoms with E-state index in [4.69, 9.17) is 9.84 Å². The summed E-state index contributed by atoms with van der Waals surface area (Å²) in [5, 5.41) is 12.2. The van der Waals surface area contributed by atoms with E-state index in [1.54, 1.807) is 24.3 Å². The molecule has 23 heavy (non-hydrogen) atoms. The van der Waals surface area contributed by atoms with E-state index >= 15 is 0 Å². The average Bonchev–Trinajstić information content (AvgIpc) is 2.55. The van der Waals surface area contributed by atoms with Crippen molar-refractivity contribution < 1.29 is 14.6 Å². The lowest BCUT2D eigenvalue weighted by Crippen LogP contribution is -2.37. The lowest BCUT2D eigenvalue weighted by Gasteiger charge is -2.27. The summed E-state index contributed by atoms with van der Waals surface area (Å²) in [6.07, 6.45) is 0. The van der Waals surface area contributed by atoms with Crippen LogP contribution in [0.3, 0.4) is 0 Å². The highest BCUT2D eigenvalue weighted by molar-refractivity contribution is 5.89. The first-order chi connectivity index (χ1) is 11.1. The van der Waals surface area contributed by atoms with E-state index < -0.39 is 5.97 Å². The van der Waals surface area contributed by atoms with Crippen molar-refractivity contribution in [1.82, 2.24) is 9.97 Å². The van der Waals surface area contributed by atoms with Crippen LogP contribution >= 0.6 is 0 Å². The fourth-order valence-electron chi connectivity index (χ4n) is 2.40. The molecule has 0 radical (unpaired) electrons. The molecular formula is C16H18N4O3. The standard InChI is InChI=1S/C16H18N4O3/c1-11-9-14(18-13-4-2-3-12(10-13)15(21)22)19-16(17-11)20-5-7-23-8-6-20/h2-4,9-10H,5-8H2,1H3,(H,21,22)(H,17,18,19). The number of anilines is 3. The normalized spacial score (nSPS) is 14.6. The van der Waals surface area contributed by atoms with E-state index in [-0.39, 0.29) is 5.56 Å². The number of ether oxygens (including phenoxy) is 1. The van der Waals surface area contributed by atoms with Crippen molar-refractivity contribution in [2.75, 3.05) is 36.5 Å². The van der Waals surface area contributed by atoms with Gasteiger partial charge in [0.1, 0.15) is 5.82 Å². The molecule has 1 aromatic heterocycles. The molecule has 0 saturated carbocycles. The van der Waals surface area contributed by atoms with Gasteiger partial charge in [0.15, 0.2) is 0 Å². The molecule has 1 aliphatic heterocycles. The number of aromatic nitrogens is 2. The van der Waals surface area contributed by atoms with Crippen molar-refractivity contribution in [3.63, 3.8) is 0 Å². The van der Waals surface area contributed by atoms with Crippen molar-refractivity contribution in [2.45, 2.75) is 6.92 Å². The maximum atomic E-state index is 11.0. The first kappa shape index (κ1) is 15.2. The summed E-state index contributed by atoms with van der Waals surface area (Å²) in [7, 11) is 0. The number of rotatable bonds is 4. The smallest absolute Gasteiger partial charge is 0.335 e. The van der Waals surface area contributed by atoms with Gasteiger partial charge < -0.3 is 20.1 Å². The van der Waals surface area contributed by atoms with Gasteiger partial charge in [-0.3, -0.25) is 0 Å². The first-order valence-corrected chi connectivity index (χ1v) is 7.40. The van der Waals surface area contributed by atoms with Crippen LogP contribution in [-0.2, 0) is 4.74 Å². The molecule has 1 aliphatic rings. The lowest BCUT2D eigenvalue weighted by molar-refractivity contribution is 0.0697. The summed E-state index contributed by atoms with van der Waals surface area (Å²) >= 11 is 0. The lowest BCUT2D eigenvalue weighted by atomic mass is 10.2. The van der Waals surface area contributed by atoms with Gasteiger partial charge in [-0.1, -0.05) is 6.07 Å². The molecule has 0 aliphatic carbocycles. The Hall–Kier alpha value is -2.67. The maximum Gasteiger partial charge on any atom is 0.335 e. The Kier molecular flexibility index (Phi) is 4.38. The first-order valence-electron chi connectivity index (χ1n) is 7.40. The average molecular weight is 314 g/mol. The second kappa shape index (κ2) is 6.62. The molecule has 120 valence electrons. The van der Waals surface area contributed by atoms with E-state index in [9.17, 15) is 4.79 Å². The summed E-state index contributed by atoms with van der Waals surface area (Å²) in [5.41, 5.74) is 1.75. The molecule has 1 saturated heterocycles. The van der Waals surface area contributed by atoms with Gasteiger partial charge in [0.2, 0.25) is 5.95 Å². The fraction of sp³-hybridized carbons (Fsp3) is 0.312. The minimum absolute atomic E-state index is 0.231. The summed E-state index contributed by atoms with van der Waals surface area (Å²) in [5.74, 6) is 0.341.